The van der Waals surface area contributed by atoms with Gasteiger partial charge in [0.05, 0.1) is 5.69 Å². The maximum Gasteiger partial charge on any atom is 0.404 e. The van der Waals surface area contributed by atoms with Crippen LogP contribution in [0, 0.1) is 11.8 Å². The molecular formula is C24H35N5O3S. The van der Waals surface area contributed by atoms with Crippen LogP contribution in [0.4, 0.5) is 4.79 Å². The van der Waals surface area contributed by atoms with Crippen LogP contribution in [0.5, 0.6) is 0 Å². The molecule has 180 valence electrons. The molecule has 4 rings (SSSR count). The van der Waals surface area contributed by atoms with Crippen LogP contribution in [0.15, 0.2) is 22.7 Å². The standard InChI is InChI=1S/C24H35N5O3S/c1-16(2)17-5-7-18(8-6-17)28-12-9-19(10-13-28)29-22(15-32-24(25)30)21(14-27-33-31)20-4-3-11-26-23(20)29/h3-4,11,14,16-19,31H,5-10,12-13,15H2,1-2H3,(H2,25,30)/b27-14-. The summed E-state index contributed by atoms with van der Waals surface area (Å²) in [6, 6.07) is 4.81. The van der Waals surface area contributed by atoms with Gasteiger partial charge < -0.3 is 24.5 Å². The molecule has 2 aromatic heterocycles. The van der Waals surface area contributed by atoms with E-state index in [1.54, 1.807) is 12.4 Å². The molecular weight excluding hydrogens is 438 g/mol. The van der Waals surface area contributed by atoms with Crippen LogP contribution >= 0.6 is 12.2 Å². The van der Waals surface area contributed by atoms with Gasteiger partial charge in [-0.1, -0.05) is 13.8 Å². The fourth-order valence-corrected chi connectivity index (χ4v) is 5.91. The number of nitrogens with zero attached hydrogens (tertiary/aromatic N) is 4. The van der Waals surface area contributed by atoms with E-state index >= 15 is 0 Å². The minimum Gasteiger partial charge on any atom is -0.443 e. The molecule has 1 saturated carbocycles. The van der Waals surface area contributed by atoms with Crippen molar-refractivity contribution >= 4 is 35.6 Å². The van der Waals surface area contributed by atoms with E-state index < -0.39 is 6.09 Å². The maximum absolute atomic E-state index is 11.4. The number of carbonyl (C=O) groups excluding carboxylic acids is 1. The van der Waals surface area contributed by atoms with Crippen LogP contribution in [-0.2, 0) is 11.3 Å². The minimum atomic E-state index is -0.814. The molecule has 2 aromatic rings. The van der Waals surface area contributed by atoms with Gasteiger partial charge in [0, 0.05) is 48.5 Å². The molecule has 1 saturated heterocycles. The lowest BCUT2D eigenvalue weighted by Gasteiger charge is -2.42. The van der Waals surface area contributed by atoms with E-state index in [1.165, 1.54) is 25.7 Å². The zero-order valence-corrected chi connectivity index (χ0v) is 20.3. The number of hydrogen-bond acceptors (Lipinski definition) is 7. The Morgan fingerprint density at radius 1 is 1.27 bits per heavy atom. The molecule has 1 amide bonds. The summed E-state index contributed by atoms with van der Waals surface area (Å²) in [5.74, 6) is 1.66. The second-order valence-corrected chi connectivity index (χ2v) is 9.98. The van der Waals surface area contributed by atoms with Gasteiger partial charge in [-0.2, -0.15) is 4.40 Å². The molecule has 0 atom stereocenters. The number of fused-ring (bicyclic) bond motifs is 1. The number of likely N-dealkylation sites (tertiary alicyclic amines) is 1. The van der Waals surface area contributed by atoms with Crippen LogP contribution in [0.3, 0.4) is 0 Å². The molecule has 0 radical (unpaired) electrons. The van der Waals surface area contributed by atoms with Crippen molar-refractivity contribution in [1.82, 2.24) is 14.5 Å². The van der Waals surface area contributed by atoms with Crippen molar-refractivity contribution in [2.45, 2.75) is 71.1 Å². The van der Waals surface area contributed by atoms with E-state index in [0.29, 0.717) is 18.3 Å². The number of aromatic nitrogens is 2. The van der Waals surface area contributed by atoms with Crippen molar-refractivity contribution in [2.75, 3.05) is 13.1 Å². The third kappa shape index (κ3) is 5.36. The molecule has 8 nitrogen and oxygen atoms in total. The van der Waals surface area contributed by atoms with Crippen LogP contribution in [-0.4, -0.2) is 50.4 Å². The van der Waals surface area contributed by atoms with Crippen molar-refractivity contribution in [3.05, 3.63) is 29.6 Å². The van der Waals surface area contributed by atoms with Gasteiger partial charge in [0.1, 0.15) is 24.5 Å². The van der Waals surface area contributed by atoms with Crippen molar-refractivity contribution in [1.29, 1.82) is 0 Å². The first-order valence-corrected chi connectivity index (χ1v) is 12.7. The average Bonchev–Trinajstić information content (AvgIpc) is 3.14. The second-order valence-electron chi connectivity index (χ2n) is 9.61. The van der Waals surface area contributed by atoms with E-state index in [-0.39, 0.29) is 12.6 Å². The average molecular weight is 474 g/mol. The van der Waals surface area contributed by atoms with Crippen LogP contribution < -0.4 is 5.73 Å². The Hall–Kier alpha value is -2.10. The molecule has 0 bridgehead atoms. The predicted molar refractivity (Wildman–Crippen MR) is 132 cm³/mol. The second kappa shape index (κ2) is 10.9. The molecule has 2 aliphatic rings. The van der Waals surface area contributed by atoms with Gasteiger partial charge in [-0.05, 0) is 62.5 Å². The molecule has 33 heavy (non-hydrogen) atoms. The number of nitrogens with two attached hydrogens (primary N) is 1. The van der Waals surface area contributed by atoms with E-state index in [0.717, 1.165) is 60.1 Å². The molecule has 1 aliphatic heterocycles. The number of carbonyl (C=O) groups is 1. The van der Waals surface area contributed by atoms with Gasteiger partial charge in [-0.25, -0.2) is 9.78 Å². The van der Waals surface area contributed by atoms with Gasteiger partial charge in [-0.3, -0.25) is 0 Å². The molecule has 3 N–H and O–H groups in total. The quantitative estimate of drug-likeness (QED) is 0.332. The Kier molecular flexibility index (Phi) is 7.93. The van der Waals surface area contributed by atoms with E-state index in [2.05, 4.69) is 32.7 Å². The largest absolute Gasteiger partial charge is 0.443 e. The first kappa shape index (κ1) is 24.0. The highest BCUT2D eigenvalue weighted by Crippen LogP contribution is 2.37. The highest BCUT2D eigenvalue weighted by molar-refractivity contribution is 7.92. The third-order valence-electron chi connectivity index (χ3n) is 7.55. The summed E-state index contributed by atoms with van der Waals surface area (Å²) in [5.41, 5.74) is 7.74. The Bertz CT molecular complexity index is 976. The normalized spacial score (nSPS) is 23.0. The zero-order valence-electron chi connectivity index (χ0n) is 19.5. The summed E-state index contributed by atoms with van der Waals surface area (Å²) in [5, 5.41) is 0.924. The van der Waals surface area contributed by atoms with Crippen LogP contribution in [0.1, 0.15) is 69.7 Å². The van der Waals surface area contributed by atoms with Gasteiger partial charge in [-0.15, -0.1) is 0 Å². The van der Waals surface area contributed by atoms with Gasteiger partial charge >= 0.3 is 6.09 Å². The topological polar surface area (TPSA) is 106 Å². The van der Waals surface area contributed by atoms with Crippen molar-refractivity contribution in [3.63, 3.8) is 0 Å². The first-order chi connectivity index (χ1) is 16.0. The van der Waals surface area contributed by atoms with Crippen molar-refractivity contribution < 1.29 is 14.1 Å². The number of primary amides is 1. The number of hydrogen-bond donors (Lipinski definition) is 2. The number of piperidine rings is 1. The Balaban J connectivity index is 1.55. The lowest BCUT2D eigenvalue weighted by atomic mass is 9.79. The summed E-state index contributed by atoms with van der Waals surface area (Å²) in [4.78, 5) is 18.7. The highest BCUT2D eigenvalue weighted by atomic mass is 32.2. The fraction of sp³-hybridized carbons (Fsp3) is 0.625. The molecule has 0 spiro atoms. The van der Waals surface area contributed by atoms with Gasteiger partial charge in [0.2, 0.25) is 0 Å². The van der Waals surface area contributed by atoms with Crippen LogP contribution in [0.2, 0.25) is 0 Å². The monoisotopic (exact) mass is 473 g/mol. The summed E-state index contributed by atoms with van der Waals surface area (Å²) in [6.07, 6.45) is 9.89. The molecule has 3 heterocycles. The van der Waals surface area contributed by atoms with E-state index in [4.69, 9.17) is 15.0 Å². The van der Waals surface area contributed by atoms with Gasteiger partial charge in [0.25, 0.3) is 0 Å². The number of ether oxygens (including phenoxy) is 1. The summed E-state index contributed by atoms with van der Waals surface area (Å²) in [6.45, 7) is 6.86. The molecule has 0 unspecified atom stereocenters. The lowest BCUT2D eigenvalue weighted by molar-refractivity contribution is 0.0875. The first-order valence-electron chi connectivity index (χ1n) is 12.0. The van der Waals surface area contributed by atoms with E-state index in [9.17, 15) is 4.79 Å². The fourth-order valence-electron chi connectivity index (χ4n) is 5.76. The SMILES string of the molecule is CC(C)C1CCC(N2CCC(n3c(COC(N)=O)c(/C=N\SO)c4cccnc43)CC2)CC1. The third-order valence-corrected chi connectivity index (χ3v) is 7.75. The zero-order chi connectivity index (χ0) is 23.4. The predicted octanol–water partition coefficient (Wildman–Crippen LogP) is 5.02. The Morgan fingerprint density at radius 2 is 2.00 bits per heavy atom. The molecule has 9 heteroatoms. The summed E-state index contributed by atoms with van der Waals surface area (Å²) >= 11 is 0.401. The minimum absolute atomic E-state index is 0.0442. The summed E-state index contributed by atoms with van der Waals surface area (Å²) < 4.78 is 20.5. The van der Waals surface area contributed by atoms with Crippen molar-refractivity contribution in [2.24, 2.45) is 22.0 Å². The number of amides is 1. The molecule has 0 aromatic carbocycles. The van der Waals surface area contributed by atoms with Crippen LogP contribution in [0.25, 0.3) is 11.0 Å². The molecule has 2 fully saturated rings. The molecule has 1 aliphatic carbocycles. The summed E-state index contributed by atoms with van der Waals surface area (Å²) in [7, 11) is 0. The highest BCUT2D eigenvalue weighted by Gasteiger charge is 2.32. The number of rotatable bonds is 7. The van der Waals surface area contributed by atoms with Gasteiger partial charge in [0.15, 0.2) is 0 Å². The van der Waals surface area contributed by atoms with Crippen molar-refractivity contribution in [3.8, 4) is 0 Å². The lowest BCUT2D eigenvalue weighted by Crippen LogP contribution is -2.44. The smallest absolute Gasteiger partial charge is 0.404 e. The maximum atomic E-state index is 11.4. The Morgan fingerprint density at radius 3 is 2.64 bits per heavy atom. The number of pyridine rings is 1. The Labute approximate surface area is 199 Å². The van der Waals surface area contributed by atoms with E-state index in [1.807, 2.05) is 12.1 Å².